The lowest BCUT2D eigenvalue weighted by atomic mass is 9.70. The molecule has 0 spiro atoms. The average Bonchev–Trinajstić information content (AvgIpc) is 2.40. The van der Waals surface area contributed by atoms with E-state index in [1.165, 1.54) is 31.2 Å². The fourth-order valence-corrected chi connectivity index (χ4v) is 3.39. The van der Waals surface area contributed by atoms with Crippen LogP contribution in [0.2, 0.25) is 0 Å². The van der Waals surface area contributed by atoms with E-state index in [2.05, 4.69) is 26.1 Å². The molecule has 1 atom stereocenters. The number of rotatable bonds is 4. The fraction of sp³-hybridized carbons (Fsp3) is 0.667. The normalized spacial score (nSPS) is 20.9. The first-order chi connectivity index (χ1) is 9.43. The molecule has 1 saturated carbocycles. The van der Waals surface area contributed by atoms with Gasteiger partial charge in [0.25, 0.3) is 0 Å². The Morgan fingerprint density at radius 3 is 2.50 bits per heavy atom. The van der Waals surface area contributed by atoms with Gasteiger partial charge >= 0.3 is 0 Å². The Bertz CT molecular complexity index is 443. The van der Waals surface area contributed by atoms with Gasteiger partial charge in [-0.2, -0.15) is 0 Å². The zero-order valence-electron chi connectivity index (χ0n) is 13.3. The molecule has 20 heavy (non-hydrogen) atoms. The number of hydrogen-bond donors (Lipinski definition) is 1. The molecule has 1 nitrogen and oxygen atoms in total. The van der Waals surface area contributed by atoms with Gasteiger partial charge in [0.05, 0.1) is 0 Å². The Hall–Kier alpha value is -0.890. The predicted molar refractivity (Wildman–Crippen MR) is 83.3 cm³/mol. The zero-order chi connectivity index (χ0) is 14.8. The third kappa shape index (κ3) is 3.60. The van der Waals surface area contributed by atoms with E-state index in [-0.39, 0.29) is 5.82 Å². The van der Waals surface area contributed by atoms with Crippen molar-refractivity contribution in [1.29, 1.82) is 0 Å². The van der Waals surface area contributed by atoms with Crippen molar-refractivity contribution in [3.63, 3.8) is 0 Å². The molecular formula is C18H28FN. The van der Waals surface area contributed by atoms with Crippen molar-refractivity contribution >= 4 is 0 Å². The maximum Gasteiger partial charge on any atom is 0.126 e. The van der Waals surface area contributed by atoms with Gasteiger partial charge in [-0.1, -0.05) is 32.9 Å². The molecule has 0 bridgehead atoms. The molecule has 1 aromatic carbocycles. The summed E-state index contributed by atoms with van der Waals surface area (Å²) in [7, 11) is 0. The van der Waals surface area contributed by atoms with Crippen molar-refractivity contribution in [3.05, 3.63) is 35.1 Å². The van der Waals surface area contributed by atoms with Crippen molar-refractivity contribution < 1.29 is 4.39 Å². The second-order valence-corrected chi connectivity index (χ2v) is 7.05. The zero-order valence-corrected chi connectivity index (χ0v) is 13.3. The molecule has 0 amide bonds. The molecule has 0 aliphatic heterocycles. The van der Waals surface area contributed by atoms with E-state index >= 15 is 0 Å². The highest BCUT2D eigenvalue weighted by atomic mass is 19.1. The second kappa shape index (κ2) is 6.26. The van der Waals surface area contributed by atoms with Crippen LogP contribution in [0.5, 0.6) is 0 Å². The summed E-state index contributed by atoms with van der Waals surface area (Å²) in [6.07, 6.45) is 5.11. The highest BCUT2D eigenvalue weighted by Gasteiger charge is 2.31. The molecule has 1 N–H and O–H groups in total. The maximum atomic E-state index is 13.5. The lowest BCUT2D eigenvalue weighted by Crippen LogP contribution is -2.32. The standard InChI is InChI=1S/C18H28FN/c1-5-20-17(14-8-10-18(3,4)11-9-14)15-6-7-16(19)13(2)12-15/h6-7,12,14,17,20H,5,8-11H2,1-4H3. The molecule has 0 aromatic heterocycles. The first kappa shape index (κ1) is 15.5. The lowest BCUT2D eigenvalue weighted by molar-refractivity contribution is 0.162. The molecule has 1 aromatic rings. The number of nitrogens with one attached hydrogen (secondary N) is 1. The van der Waals surface area contributed by atoms with E-state index in [4.69, 9.17) is 0 Å². The maximum absolute atomic E-state index is 13.5. The summed E-state index contributed by atoms with van der Waals surface area (Å²) in [6, 6.07) is 5.95. The van der Waals surface area contributed by atoms with Gasteiger partial charge in [-0.15, -0.1) is 0 Å². The minimum atomic E-state index is -0.103. The Morgan fingerprint density at radius 2 is 1.95 bits per heavy atom. The van der Waals surface area contributed by atoms with Crippen LogP contribution in [0.15, 0.2) is 18.2 Å². The fourth-order valence-electron chi connectivity index (χ4n) is 3.39. The van der Waals surface area contributed by atoms with Crippen molar-refractivity contribution in [1.82, 2.24) is 5.32 Å². The Morgan fingerprint density at radius 1 is 1.30 bits per heavy atom. The summed E-state index contributed by atoms with van der Waals surface area (Å²) in [5, 5.41) is 3.62. The molecule has 2 heteroatoms. The van der Waals surface area contributed by atoms with Crippen molar-refractivity contribution in [2.75, 3.05) is 6.54 Å². The van der Waals surface area contributed by atoms with Crippen LogP contribution in [0, 0.1) is 24.1 Å². The summed E-state index contributed by atoms with van der Waals surface area (Å²) in [4.78, 5) is 0. The first-order valence-electron chi connectivity index (χ1n) is 7.92. The van der Waals surface area contributed by atoms with Gasteiger partial charge in [-0.3, -0.25) is 0 Å². The minimum Gasteiger partial charge on any atom is -0.310 e. The van der Waals surface area contributed by atoms with Crippen LogP contribution in [0.1, 0.15) is 63.6 Å². The van der Waals surface area contributed by atoms with Crippen LogP contribution in [0.25, 0.3) is 0 Å². The Labute approximate surface area is 123 Å². The quantitative estimate of drug-likeness (QED) is 0.816. The largest absolute Gasteiger partial charge is 0.310 e. The molecule has 2 rings (SSSR count). The summed E-state index contributed by atoms with van der Waals surface area (Å²) < 4.78 is 13.5. The van der Waals surface area contributed by atoms with E-state index in [1.54, 1.807) is 6.07 Å². The summed E-state index contributed by atoms with van der Waals surface area (Å²) >= 11 is 0. The third-order valence-electron chi connectivity index (χ3n) is 4.82. The number of aryl methyl sites for hydroxylation is 1. The molecule has 1 unspecified atom stereocenters. The number of halogens is 1. The third-order valence-corrected chi connectivity index (χ3v) is 4.82. The Balaban J connectivity index is 2.16. The topological polar surface area (TPSA) is 12.0 Å². The van der Waals surface area contributed by atoms with Crippen LogP contribution >= 0.6 is 0 Å². The van der Waals surface area contributed by atoms with E-state index in [9.17, 15) is 4.39 Å². The summed E-state index contributed by atoms with van der Waals surface area (Å²) in [5.74, 6) is 0.571. The highest BCUT2D eigenvalue weighted by Crippen LogP contribution is 2.42. The first-order valence-corrected chi connectivity index (χ1v) is 7.92. The van der Waals surface area contributed by atoms with E-state index in [0.717, 1.165) is 12.1 Å². The lowest BCUT2D eigenvalue weighted by Gasteiger charge is -2.38. The van der Waals surface area contributed by atoms with Gasteiger partial charge in [-0.05, 0) is 67.7 Å². The molecule has 112 valence electrons. The van der Waals surface area contributed by atoms with Gasteiger partial charge in [0.15, 0.2) is 0 Å². The van der Waals surface area contributed by atoms with Gasteiger partial charge in [0, 0.05) is 6.04 Å². The van der Waals surface area contributed by atoms with Gasteiger partial charge in [-0.25, -0.2) is 4.39 Å². The van der Waals surface area contributed by atoms with Crippen LogP contribution in [0.3, 0.4) is 0 Å². The molecule has 1 fully saturated rings. The number of hydrogen-bond acceptors (Lipinski definition) is 1. The van der Waals surface area contributed by atoms with E-state index in [1.807, 2.05) is 19.1 Å². The van der Waals surface area contributed by atoms with E-state index < -0.39 is 0 Å². The van der Waals surface area contributed by atoms with Gasteiger partial charge < -0.3 is 5.32 Å². The second-order valence-electron chi connectivity index (χ2n) is 7.05. The van der Waals surface area contributed by atoms with Crippen LogP contribution in [-0.4, -0.2) is 6.54 Å². The average molecular weight is 277 g/mol. The van der Waals surface area contributed by atoms with E-state index in [0.29, 0.717) is 17.4 Å². The molecular weight excluding hydrogens is 249 g/mol. The predicted octanol–water partition coefficient (Wildman–Crippen LogP) is 5.00. The van der Waals surface area contributed by atoms with Crippen LogP contribution in [0.4, 0.5) is 4.39 Å². The summed E-state index contributed by atoms with van der Waals surface area (Å²) in [5.41, 5.74) is 2.49. The van der Waals surface area contributed by atoms with Crippen molar-refractivity contribution in [3.8, 4) is 0 Å². The van der Waals surface area contributed by atoms with Gasteiger partial charge in [0.1, 0.15) is 5.82 Å². The molecule has 0 saturated heterocycles. The van der Waals surface area contributed by atoms with Crippen molar-refractivity contribution in [2.24, 2.45) is 11.3 Å². The van der Waals surface area contributed by atoms with Gasteiger partial charge in [0.2, 0.25) is 0 Å². The van der Waals surface area contributed by atoms with Crippen LogP contribution < -0.4 is 5.32 Å². The monoisotopic (exact) mass is 277 g/mol. The smallest absolute Gasteiger partial charge is 0.126 e. The highest BCUT2D eigenvalue weighted by molar-refractivity contribution is 5.27. The minimum absolute atomic E-state index is 0.103. The molecule has 1 aliphatic carbocycles. The van der Waals surface area contributed by atoms with Crippen LogP contribution in [-0.2, 0) is 0 Å². The number of benzene rings is 1. The summed E-state index contributed by atoms with van der Waals surface area (Å²) in [6.45, 7) is 9.70. The molecule has 1 aliphatic rings. The SMILES string of the molecule is CCNC(c1ccc(F)c(C)c1)C1CCC(C)(C)CC1. The van der Waals surface area contributed by atoms with Crippen molar-refractivity contribution in [2.45, 2.75) is 59.4 Å². The Kier molecular flexibility index (Phi) is 4.85. The molecule has 0 heterocycles. The molecule has 0 radical (unpaired) electrons.